The van der Waals surface area contributed by atoms with Crippen LogP contribution in [0, 0.1) is 5.82 Å². The monoisotopic (exact) mass is 339 g/mol. The molecule has 1 atom stereocenters. The normalized spacial score (nSPS) is 13.0. The lowest BCUT2D eigenvalue weighted by Gasteiger charge is -2.11. The summed E-state index contributed by atoms with van der Waals surface area (Å²) in [5.74, 6) is -0.569. The van der Waals surface area contributed by atoms with Crippen LogP contribution in [-0.4, -0.2) is 41.8 Å². The number of imidazole rings is 1. The summed E-state index contributed by atoms with van der Waals surface area (Å²) in [5, 5.41) is 1.43. The van der Waals surface area contributed by atoms with Gasteiger partial charge in [0.1, 0.15) is 16.9 Å². The molecule has 1 aromatic heterocycles. The fourth-order valence-corrected chi connectivity index (χ4v) is 3.10. The molecule has 8 heteroatoms. The molecule has 6 nitrogen and oxygen atoms in total. The predicted octanol–water partition coefficient (Wildman–Crippen LogP) is 1.35. The number of aromatic amines is 1. The van der Waals surface area contributed by atoms with E-state index in [-0.39, 0.29) is 18.1 Å². The second-order valence-electron chi connectivity index (χ2n) is 5.15. The van der Waals surface area contributed by atoms with Crippen LogP contribution in [0.5, 0.6) is 0 Å². The van der Waals surface area contributed by atoms with Crippen LogP contribution in [0.3, 0.4) is 0 Å². The van der Waals surface area contributed by atoms with Crippen molar-refractivity contribution < 1.29 is 17.6 Å². The highest BCUT2D eigenvalue weighted by molar-refractivity contribution is 7.92. The number of rotatable bonds is 7. The Morgan fingerprint density at radius 2 is 2.26 bits per heavy atom. The number of halogens is 1. The predicted molar refractivity (Wildman–Crippen MR) is 86.2 cm³/mol. The van der Waals surface area contributed by atoms with Gasteiger partial charge < -0.3 is 10.3 Å². The average Bonchev–Trinajstić information content (AvgIpc) is 2.87. The van der Waals surface area contributed by atoms with Gasteiger partial charge in [-0.1, -0.05) is 6.08 Å². The summed E-state index contributed by atoms with van der Waals surface area (Å²) < 4.78 is 36.6. The number of carbonyl (C=O) groups excluding carboxylic acids is 1. The maximum Gasteiger partial charge on any atom is 0.238 e. The fraction of sp³-hybridized carbons (Fsp3) is 0.333. The van der Waals surface area contributed by atoms with E-state index in [1.54, 1.807) is 6.07 Å². The van der Waals surface area contributed by atoms with Crippen molar-refractivity contribution >= 4 is 26.8 Å². The first kappa shape index (κ1) is 17.1. The molecular weight excluding hydrogens is 321 g/mol. The quantitative estimate of drug-likeness (QED) is 0.745. The summed E-state index contributed by atoms with van der Waals surface area (Å²) in [6, 6.07) is 4.22. The van der Waals surface area contributed by atoms with Gasteiger partial charge in [-0.15, -0.1) is 6.58 Å². The second kappa shape index (κ2) is 6.91. The number of H-pyrrole nitrogens is 1. The molecule has 23 heavy (non-hydrogen) atoms. The fourth-order valence-electron chi connectivity index (χ4n) is 2.07. The van der Waals surface area contributed by atoms with Gasteiger partial charge in [-0.25, -0.2) is 17.8 Å². The number of hydrogen-bond donors (Lipinski definition) is 2. The van der Waals surface area contributed by atoms with Crippen molar-refractivity contribution in [2.75, 3.05) is 12.3 Å². The minimum absolute atomic E-state index is 0.231. The van der Waals surface area contributed by atoms with Gasteiger partial charge >= 0.3 is 0 Å². The average molecular weight is 339 g/mol. The van der Waals surface area contributed by atoms with Crippen LogP contribution in [0.4, 0.5) is 4.39 Å². The molecule has 0 aliphatic rings. The van der Waals surface area contributed by atoms with Gasteiger partial charge in [-0.2, -0.15) is 0 Å². The molecule has 0 saturated carbocycles. The summed E-state index contributed by atoms with van der Waals surface area (Å²) in [6.45, 7) is 4.94. The molecule has 0 aliphatic carbocycles. The van der Waals surface area contributed by atoms with E-state index in [9.17, 15) is 17.6 Å². The van der Waals surface area contributed by atoms with E-state index in [4.69, 9.17) is 0 Å². The number of nitrogens with zero attached hydrogens (tertiary/aromatic N) is 1. The van der Waals surface area contributed by atoms with Crippen molar-refractivity contribution in [3.8, 4) is 0 Å². The summed E-state index contributed by atoms with van der Waals surface area (Å²) in [4.78, 5) is 19.1. The van der Waals surface area contributed by atoms with Gasteiger partial charge in [-0.3, -0.25) is 4.79 Å². The molecule has 124 valence electrons. The van der Waals surface area contributed by atoms with E-state index in [0.29, 0.717) is 23.3 Å². The Bertz CT molecular complexity index is 830. The Morgan fingerprint density at radius 1 is 1.52 bits per heavy atom. The summed E-state index contributed by atoms with van der Waals surface area (Å²) >= 11 is 0. The van der Waals surface area contributed by atoms with Crippen LogP contribution < -0.4 is 5.32 Å². The number of benzene rings is 1. The third kappa shape index (κ3) is 4.16. The van der Waals surface area contributed by atoms with Crippen molar-refractivity contribution in [1.82, 2.24) is 15.3 Å². The van der Waals surface area contributed by atoms with Crippen LogP contribution in [0.25, 0.3) is 11.0 Å². The van der Waals surface area contributed by atoms with Gasteiger partial charge in [0.15, 0.2) is 9.84 Å². The lowest BCUT2D eigenvalue weighted by atomic mass is 10.3. The molecule has 0 saturated heterocycles. The number of fused-ring (bicyclic) bond motifs is 1. The zero-order valence-electron chi connectivity index (χ0n) is 12.7. The molecule has 2 aromatic rings. The molecule has 0 radical (unpaired) electrons. The third-order valence-corrected chi connectivity index (χ3v) is 5.40. The van der Waals surface area contributed by atoms with E-state index in [0.717, 1.165) is 0 Å². The third-order valence-electron chi connectivity index (χ3n) is 3.41. The molecule has 2 N–H and O–H groups in total. The smallest absolute Gasteiger partial charge is 0.238 e. The zero-order chi connectivity index (χ0) is 17.0. The molecule has 1 amide bonds. The minimum Gasteiger partial charge on any atom is -0.355 e. The highest BCUT2D eigenvalue weighted by atomic mass is 32.2. The summed E-state index contributed by atoms with van der Waals surface area (Å²) in [6.07, 6.45) is 1.64. The SMILES string of the molecule is C=CCS(=O)(=O)C(C)C(=O)NCCc1nc2ccc(F)cc2[nH]1. The lowest BCUT2D eigenvalue weighted by Crippen LogP contribution is -2.39. The molecule has 2 rings (SSSR count). The Morgan fingerprint density at radius 3 is 2.96 bits per heavy atom. The number of nitrogens with one attached hydrogen (secondary N) is 2. The van der Waals surface area contributed by atoms with Crippen LogP contribution in [0.2, 0.25) is 0 Å². The molecule has 1 unspecified atom stereocenters. The highest BCUT2D eigenvalue weighted by Crippen LogP contribution is 2.13. The first-order valence-electron chi connectivity index (χ1n) is 7.08. The van der Waals surface area contributed by atoms with Crippen molar-refractivity contribution in [2.24, 2.45) is 0 Å². The first-order valence-corrected chi connectivity index (χ1v) is 8.79. The van der Waals surface area contributed by atoms with Gasteiger partial charge in [0.05, 0.1) is 16.8 Å². The minimum atomic E-state index is -3.53. The number of hydrogen-bond acceptors (Lipinski definition) is 4. The van der Waals surface area contributed by atoms with Gasteiger partial charge in [-0.05, 0) is 25.1 Å². The Labute approximate surface area is 133 Å². The summed E-state index contributed by atoms with van der Waals surface area (Å²) in [5.41, 5.74) is 1.21. The highest BCUT2D eigenvalue weighted by Gasteiger charge is 2.26. The van der Waals surface area contributed by atoms with Gasteiger partial charge in [0.25, 0.3) is 0 Å². The van der Waals surface area contributed by atoms with Crippen molar-refractivity contribution in [3.05, 3.63) is 42.5 Å². The molecule has 0 fully saturated rings. The van der Waals surface area contributed by atoms with E-state index in [1.165, 1.54) is 25.1 Å². The second-order valence-corrected chi connectivity index (χ2v) is 7.51. The van der Waals surface area contributed by atoms with E-state index < -0.39 is 21.0 Å². The van der Waals surface area contributed by atoms with Crippen LogP contribution >= 0.6 is 0 Å². The van der Waals surface area contributed by atoms with Crippen molar-refractivity contribution in [1.29, 1.82) is 0 Å². The van der Waals surface area contributed by atoms with Gasteiger partial charge in [0.2, 0.25) is 5.91 Å². The Balaban J connectivity index is 1.93. The van der Waals surface area contributed by atoms with Crippen LogP contribution in [-0.2, 0) is 21.1 Å². The summed E-state index contributed by atoms with van der Waals surface area (Å²) in [7, 11) is -3.53. The number of aromatic nitrogens is 2. The van der Waals surface area contributed by atoms with Crippen molar-refractivity contribution in [3.63, 3.8) is 0 Å². The number of sulfone groups is 1. The molecule has 0 bridgehead atoms. The Hall–Kier alpha value is -2.22. The topological polar surface area (TPSA) is 91.9 Å². The molecule has 0 spiro atoms. The van der Waals surface area contributed by atoms with E-state index in [1.807, 2.05) is 0 Å². The Kier molecular flexibility index (Phi) is 5.15. The molecule has 0 aliphatic heterocycles. The van der Waals surface area contributed by atoms with Crippen molar-refractivity contribution in [2.45, 2.75) is 18.6 Å². The van der Waals surface area contributed by atoms with Gasteiger partial charge in [0, 0.05) is 13.0 Å². The van der Waals surface area contributed by atoms with E-state index >= 15 is 0 Å². The molecular formula is C15H18FN3O3S. The first-order chi connectivity index (χ1) is 10.8. The number of amides is 1. The zero-order valence-corrected chi connectivity index (χ0v) is 13.5. The van der Waals surface area contributed by atoms with Crippen LogP contribution in [0.15, 0.2) is 30.9 Å². The molecule has 1 aromatic carbocycles. The maximum atomic E-state index is 13.1. The molecule has 1 heterocycles. The number of carbonyl (C=O) groups is 1. The maximum absolute atomic E-state index is 13.1. The van der Waals surface area contributed by atoms with E-state index in [2.05, 4.69) is 21.9 Å². The lowest BCUT2D eigenvalue weighted by molar-refractivity contribution is -0.120. The largest absolute Gasteiger partial charge is 0.355 e. The standard InChI is InChI=1S/C15H18FN3O3S/c1-3-8-23(21,22)10(2)15(20)17-7-6-14-18-12-5-4-11(16)9-13(12)19-14/h3-5,9-10H,1,6-8H2,2H3,(H,17,20)(H,18,19). The van der Waals surface area contributed by atoms with Crippen LogP contribution in [0.1, 0.15) is 12.7 Å².